The van der Waals surface area contributed by atoms with E-state index in [-0.39, 0.29) is 23.6 Å². The lowest BCUT2D eigenvalue weighted by atomic mass is 10.1. The summed E-state index contributed by atoms with van der Waals surface area (Å²) in [6, 6.07) is 11.1. The van der Waals surface area contributed by atoms with Crippen LogP contribution in [0.4, 0.5) is 13.2 Å². The van der Waals surface area contributed by atoms with Crippen molar-refractivity contribution >= 4 is 5.91 Å². The standard InChI is InChI=1S/C20H17F3N2O3/c1-2-27-19-14(6-4-10-24-19)12-25-18(26)17-9-8-16(28-17)13-5-3-7-15(11-13)20(21,22)23/h3-11H,2,12H2,1H3,(H,25,26). The minimum Gasteiger partial charge on any atom is -0.478 e. The van der Waals surface area contributed by atoms with Gasteiger partial charge in [0.1, 0.15) is 5.76 Å². The van der Waals surface area contributed by atoms with E-state index in [2.05, 4.69) is 10.3 Å². The van der Waals surface area contributed by atoms with Crippen LogP contribution >= 0.6 is 0 Å². The summed E-state index contributed by atoms with van der Waals surface area (Å²) in [5, 5.41) is 2.68. The Balaban J connectivity index is 1.71. The first-order valence-electron chi connectivity index (χ1n) is 8.51. The topological polar surface area (TPSA) is 64.4 Å². The maximum atomic E-state index is 12.9. The quantitative estimate of drug-likeness (QED) is 0.663. The number of hydrogen-bond acceptors (Lipinski definition) is 4. The van der Waals surface area contributed by atoms with Gasteiger partial charge < -0.3 is 14.5 Å². The highest BCUT2D eigenvalue weighted by molar-refractivity contribution is 5.92. The smallest absolute Gasteiger partial charge is 0.416 e. The van der Waals surface area contributed by atoms with Crippen molar-refractivity contribution in [3.05, 3.63) is 71.6 Å². The van der Waals surface area contributed by atoms with Gasteiger partial charge in [0.15, 0.2) is 5.76 Å². The number of amides is 1. The summed E-state index contributed by atoms with van der Waals surface area (Å²) in [7, 11) is 0. The largest absolute Gasteiger partial charge is 0.478 e. The van der Waals surface area contributed by atoms with Crippen molar-refractivity contribution < 1.29 is 27.1 Å². The summed E-state index contributed by atoms with van der Waals surface area (Å²) >= 11 is 0. The summed E-state index contributed by atoms with van der Waals surface area (Å²) in [5.74, 6) is 0.0980. The molecule has 0 radical (unpaired) electrons. The Kier molecular flexibility index (Phi) is 5.67. The lowest BCUT2D eigenvalue weighted by Crippen LogP contribution is -2.22. The highest BCUT2D eigenvalue weighted by Gasteiger charge is 2.30. The molecule has 0 aliphatic carbocycles. The first-order chi connectivity index (χ1) is 13.4. The molecular formula is C20H17F3N2O3. The minimum atomic E-state index is -4.45. The van der Waals surface area contributed by atoms with Gasteiger partial charge in [0.25, 0.3) is 5.91 Å². The van der Waals surface area contributed by atoms with Crippen LogP contribution in [0.15, 0.2) is 59.1 Å². The molecule has 8 heteroatoms. The molecule has 0 saturated heterocycles. The van der Waals surface area contributed by atoms with Gasteiger partial charge in [0.2, 0.25) is 5.88 Å². The normalized spacial score (nSPS) is 11.3. The molecule has 0 fully saturated rings. The number of hydrogen-bond donors (Lipinski definition) is 1. The molecule has 0 aliphatic heterocycles. The number of carbonyl (C=O) groups is 1. The van der Waals surface area contributed by atoms with Gasteiger partial charge in [-0.3, -0.25) is 4.79 Å². The van der Waals surface area contributed by atoms with E-state index < -0.39 is 17.6 Å². The molecule has 0 saturated carbocycles. The lowest BCUT2D eigenvalue weighted by Gasteiger charge is -2.09. The third-order valence-electron chi connectivity index (χ3n) is 3.87. The second kappa shape index (κ2) is 8.16. The number of furan rings is 1. The Bertz CT molecular complexity index is 967. The average molecular weight is 390 g/mol. The maximum absolute atomic E-state index is 12.9. The van der Waals surface area contributed by atoms with Crippen LogP contribution in [-0.2, 0) is 12.7 Å². The monoisotopic (exact) mass is 390 g/mol. The number of ether oxygens (including phenoxy) is 1. The second-order valence-electron chi connectivity index (χ2n) is 5.83. The number of nitrogens with zero attached hydrogens (tertiary/aromatic N) is 1. The molecule has 1 aromatic carbocycles. The fraction of sp³-hybridized carbons (Fsp3) is 0.200. The third kappa shape index (κ3) is 4.51. The highest BCUT2D eigenvalue weighted by atomic mass is 19.4. The molecule has 2 aromatic heterocycles. The number of pyridine rings is 1. The molecule has 0 spiro atoms. The van der Waals surface area contributed by atoms with Crippen LogP contribution in [0.3, 0.4) is 0 Å². The van der Waals surface area contributed by atoms with Gasteiger partial charge in [0, 0.05) is 23.9 Å². The molecule has 5 nitrogen and oxygen atoms in total. The van der Waals surface area contributed by atoms with Crippen LogP contribution in [0.2, 0.25) is 0 Å². The van der Waals surface area contributed by atoms with E-state index >= 15 is 0 Å². The van der Waals surface area contributed by atoms with Crippen molar-refractivity contribution in [3.63, 3.8) is 0 Å². The van der Waals surface area contributed by atoms with Gasteiger partial charge in [-0.25, -0.2) is 4.98 Å². The zero-order valence-electron chi connectivity index (χ0n) is 14.9. The number of alkyl halides is 3. The number of nitrogens with one attached hydrogen (secondary N) is 1. The number of carbonyl (C=O) groups excluding carboxylic acids is 1. The van der Waals surface area contributed by atoms with E-state index in [9.17, 15) is 18.0 Å². The van der Waals surface area contributed by atoms with E-state index in [4.69, 9.17) is 9.15 Å². The van der Waals surface area contributed by atoms with Crippen LogP contribution in [0.1, 0.15) is 28.6 Å². The molecule has 0 atom stereocenters. The van der Waals surface area contributed by atoms with E-state index in [0.717, 1.165) is 12.1 Å². The van der Waals surface area contributed by atoms with Gasteiger partial charge in [0.05, 0.1) is 12.2 Å². The molecule has 3 aromatic rings. The highest BCUT2D eigenvalue weighted by Crippen LogP contribution is 2.32. The molecule has 1 amide bonds. The van der Waals surface area contributed by atoms with E-state index in [0.29, 0.717) is 18.1 Å². The summed E-state index contributed by atoms with van der Waals surface area (Å²) in [4.78, 5) is 16.4. The fourth-order valence-electron chi connectivity index (χ4n) is 2.55. The van der Waals surface area contributed by atoms with Crippen LogP contribution in [0, 0.1) is 0 Å². The molecule has 3 rings (SSSR count). The predicted molar refractivity (Wildman–Crippen MR) is 95.7 cm³/mol. The van der Waals surface area contributed by atoms with E-state index in [1.165, 1.54) is 24.3 Å². The molecular weight excluding hydrogens is 373 g/mol. The Morgan fingerprint density at radius 1 is 1.18 bits per heavy atom. The van der Waals surface area contributed by atoms with Crippen molar-refractivity contribution in [2.24, 2.45) is 0 Å². The Labute approximate surface area is 159 Å². The SMILES string of the molecule is CCOc1ncccc1CNC(=O)c1ccc(-c2cccc(C(F)(F)F)c2)o1. The number of aromatic nitrogens is 1. The molecule has 0 aliphatic rings. The Morgan fingerprint density at radius 2 is 2.00 bits per heavy atom. The molecule has 2 heterocycles. The fourth-order valence-corrected chi connectivity index (χ4v) is 2.55. The maximum Gasteiger partial charge on any atom is 0.416 e. The predicted octanol–water partition coefficient (Wildman–Crippen LogP) is 4.69. The Hall–Kier alpha value is -3.29. The van der Waals surface area contributed by atoms with Crippen LogP contribution in [0.5, 0.6) is 5.88 Å². The van der Waals surface area contributed by atoms with Crippen molar-refractivity contribution in [2.75, 3.05) is 6.61 Å². The van der Waals surface area contributed by atoms with Gasteiger partial charge in [-0.2, -0.15) is 13.2 Å². The van der Waals surface area contributed by atoms with Crippen LogP contribution in [-0.4, -0.2) is 17.5 Å². The second-order valence-corrected chi connectivity index (χ2v) is 5.83. The van der Waals surface area contributed by atoms with Gasteiger partial charge in [-0.05, 0) is 37.3 Å². The van der Waals surface area contributed by atoms with Crippen molar-refractivity contribution in [1.82, 2.24) is 10.3 Å². The van der Waals surface area contributed by atoms with Crippen molar-refractivity contribution in [2.45, 2.75) is 19.6 Å². The minimum absolute atomic E-state index is 0.00531. The number of halogens is 3. The van der Waals surface area contributed by atoms with Crippen LogP contribution in [0.25, 0.3) is 11.3 Å². The zero-order chi connectivity index (χ0) is 20.1. The average Bonchev–Trinajstić information content (AvgIpc) is 3.17. The first kappa shape index (κ1) is 19.5. The summed E-state index contributed by atoms with van der Waals surface area (Å²) in [6.45, 7) is 2.44. The van der Waals surface area contributed by atoms with E-state index in [1.807, 2.05) is 6.92 Å². The van der Waals surface area contributed by atoms with Crippen molar-refractivity contribution in [1.29, 1.82) is 0 Å². The first-order valence-corrected chi connectivity index (χ1v) is 8.51. The molecule has 28 heavy (non-hydrogen) atoms. The molecule has 0 unspecified atom stereocenters. The van der Waals surface area contributed by atoms with Crippen LogP contribution < -0.4 is 10.1 Å². The zero-order valence-corrected chi connectivity index (χ0v) is 14.9. The van der Waals surface area contributed by atoms with Crippen molar-refractivity contribution in [3.8, 4) is 17.2 Å². The number of rotatable bonds is 6. The number of benzene rings is 1. The Morgan fingerprint density at radius 3 is 2.75 bits per heavy atom. The van der Waals surface area contributed by atoms with E-state index in [1.54, 1.807) is 18.3 Å². The lowest BCUT2D eigenvalue weighted by molar-refractivity contribution is -0.137. The molecule has 1 N–H and O–H groups in total. The third-order valence-corrected chi connectivity index (χ3v) is 3.87. The summed E-state index contributed by atoms with van der Waals surface area (Å²) in [5.41, 5.74) is 0.148. The summed E-state index contributed by atoms with van der Waals surface area (Å²) < 4.78 is 49.4. The van der Waals surface area contributed by atoms with Gasteiger partial charge in [-0.15, -0.1) is 0 Å². The molecule has 0 bridgehead atoms. The molecule has 146 valence electrons. The van der Waals surface area contributed by atoms with Gasteiger partial charge in [-0.1, -0.05) is 18.2 Å². The van der Waals surface area contributed by atoms with Gasteiger partial charge >= 0.3 is 6.18 Å². The summed E-state index contributed by atoms with van der Waals surface area (Å²) in [6.07, 6.45) is -2.87.